The normalized spacial score (nSPS) is 11.0. The Hall–Kier alpha value is -4.08. The van der Waals surface area contributed by atoms with Crippen LogP contribution in [0.4, 0.5) is 23.1 Å². The molecule has 134 valence electrons. The second-order valence-corrected chi connectivity index (χ2v) is 5.64. The third kappa shape index (κ3) is 2.99. The highest BCUT2D eigenvalue weighted by Gasteiger charge is 2.23. The summed E-state index contributed by atoms with van der Waals surface area (Å²) in [6, 6.07) is 9.26. The van der Waals surface area contributed by atoms with Gasteiger partial charge in [0.2, 0.25) is 0 Å². The molecule has 0 bridgehead atoms. The predicted octanol–water partition coefficient (Wildman–Crippen LogP) is 2.08. The van der Waals surface area contributed by atoms with Gasteiger partial charge in [0.05, 0.1) is 17.2 Å². The number of aromatic nitrogens is 2. The van der Waals surface area contributed by atoms with Crippen LogP contribution < -0.4 is 21.5 Å². The Labute approximate surface area is 150 Å². The molecule has 0 saturated carbocycles. The van der Waals surface area contributed by atoms with Crippen molar-refractivity contribution in [1.82, 2.24) is 9.97 Å². The number of nitrogens with one attached hydrogen (secondary N) is 2. The molecule has 0 saturated heterocycles. The van der Waals surface area contributed by atoms with E-state index in [1.54, 1.807) is 18.3 Å². The lowest BCUT2D eigenvalue weighted by Crippen LogP contribution is -2.36. The van der Waals surface area contributed by atoms with Gasteiger partial charge in [0, 0.05) is 18.3 Å². The van der Waals surface area contributed by atoms with E-state index < -0.39 is 15.8 Å². The van der Waals surface area contributed by atoms with Crippen LogP contribution in [0.1, 0.15) is 5.69 Å². The van der Waals surface area contributed by atoms with Crippen LogP contribution in [0.5, 0.6) is 0 Å². The van der Waals surface area contributed by atoms with E-state index in [1.165, 1.54) is 18.2 Å². The van der Waals surface area contributed by atoms with E-state index in [1.807, 2.05) is 6.07 Å². The molecule has 2 N–H and O–H groups in total. The van der Waals surface area contributed by atoms with Crippen molar-refractivity contribution in [3.05, 3.63) is 78.8 Å². The SMILES string of the molecule is O=c1c(NCc2ccccn2)c(Nc2nc3cc([N+](=O)[O-])ccc3o2)c1=O. The molecule has 2 heterocycles. The quantitative estimate of drug-likeness (QED) is 0.298. The molecule has 0 aliphatic rings. The molecule has 2 aromatic carbocycles. The lowest BCUT2D eigenvalue weighted by Gasteiger charge is -2.12. The van der Waals surface area contributed by atoms with Crippen LogP contribution in [0.2, 0.25) is 0 Å². The Bertz CT molecular complexity index is 1220. The maximum atomic E-state index is 11.9. The van der Waals surface area contributed by atoms with E-state index in [0.29, 0.717) is 11.3 Å². The molecule has 0 aliphatic carbocycles. The summed E-state index contributed by atoms with van der Waals surface area (Å²) in [5.74, 6) is 0. The first kappa shape index (κ1) is 16.4. The van der Waals surface area contributed by atoms with Crippen molar-refractivity contribution in [3.8, 4) is 0 Å². The summed E-state index contributed by atoms with van der Waals surface area (Å²) < 4.78 is 5.42. The van der Waals surface area contributed by atoms with Crippen molar-refractivity contribution in [1.29, 1.82) is 0 Å². The molecular formula is C17H11N5O5. The molecule has 0 fully saturated rings. The Morgan fingerprint density at radius 2 is 1.93 bits per heavy atom. The minimum atomic E-state index is -0.702. The Morgan fingerprint density at radius 1 is 1.11 bits per heavy atom. The van der Waals surface area contributed by atoms with Gasteiger partial charge in [-0.15, -0.1) is 0 Å². The topological polar surface area (TPSA) is 140 Å². The molecule has 2 aromatic heterocycles. The van der Waals surface area contributed by atoms with Crippen molar-refractivity contribution in [2.24, 2.45) is 0 Å². The van der Waals surface area contributed by atoms with Gasteiger partial charge in [0.1, 0.15) is 16.9 Å². The summed E-state index contributed by atoms with van der Waals surface area (Å²) in [4.78, 5) is 42.2. The number of nitro benzene ring substituents is 1. The van der Waals surface area contributed by atoms with Gasteiger partial charge in [-0.05, 0) is 18.2 Å². The molecule has 4 aromatic rings. The first-order chi connectivity index (χ1) is 13.0. The highest BCUT2D eigenvalue weighted by molar-refractivity contribution is 5.81. The van der Waals surface area contributed by atoms with E-state index >= 15 is 0 Å². The average Bonchev–Trinajstić information content (AvgIpc) is 3.09. The zero-order chi connectivity index (χ0) is 19.0. The van der Waals surface area contributed by atoms with E-state index in [0.717, 1.165) is 0 Å². The van der Waals surface area contributed by atoms with Crippen LogP contribution >= 0.6 is 0 Å². The van der Waals surface area contributed by atoms with E-state index in [9.17, 15) is 19.7 Å². The fourth-order valence-electron chi connectivity index (χ4n) is 2.55. The molecule has 0 aliphatic heterocycles. The average molecular weight is 365 g/mol. The fourth-order valence-corrected chi connectivity index (χ4v) is 2.55. The van der Waals surface area contributed by atoms with Crippen molar-refractivity contribution in [2.75, 3.05) is 10.6 Å². The summed E-state index contributed by atoms with van der Waals surface area (Å²) in [5, 5.41) is 16.4. The third-order valence-corrected chi connectivity index (χ3v) is 3.90. The largest absolute Gasteiger partial charge is 0.423 e. The van der Waals surface area contributed by atoms with Gasteiger partial charge in [-0.2, -0.15) is 4.98 Å². The second-order valence-electron chi connectivity index (χ2n) is 5.64. The number of anilines is 3. The highest BCUT2D eigenvalue weighted by atomic mass is 16.6. The van der Waals surface area contributed by atoms with Crippen LogP contribution in [-0.4, -0.2) is 14.9 Å². The number of nitrogens with zero attached hydrogens (tertiary/aromatic N) is 3. The van der Waals surface area contributed by atoms with E-state index in [2.05, 4.69) is 20.6 Å². The number of benzene rings is 1. The van der Waals surface area contributed by atoms with Crippen LogP contribution in [0.25, 0.3) is 11.1 Å². The van der Waals surface area contributed by atoms with Crippen molar-refractivity contribution in [3.63, 3.8) is 0 Å². The molecule has 0 radical (unpaired) electrons. The maximum Gasteiger partial charge on any atom is 0.300 e. The minimum absolute atomic E-state index is 0.0250. The fraction of sp³-hybridized carbons (Fsp3) is 0.0588. The Kier molecular flexibility index (Phi) is 3.84. The Balaban J connectivity index is 1.57. The zero-order valence-electron chi connectivity index (χ0n) is 13.6. The number of non-ortho nitro benzene ring substituents is 1. The molecule has 4 rings (SSSR count). The number of rotatable bonds is 6. The lowest BCUT2D eigenvalue weighted by atomic mass is 10.2. The van der Waals surface area contributed by atoms with E-state index in [4.69, 9.17) is 4.42 Å². The van der Waals surface area contributed by atoms with E-state index in [-0.39, 0.29) is 35.1 Å². The van der Waals surface area contributed by atoms with Crippen molar-refractivity contribution in [2.45, 2.75) is 6.54 Å². The monoisotopic (exact) mass is 365 g/mol. The summed E-state index contributed by atoms with van der Waals surface area (Å²) in [6.07, 6.45) is 1.62. The minimum Gasteiger partial charge on any atom is -0.423 e. The molecule has 0 atom stereocenters. The molecule has 27 heavy (non-hydrogen) atoms. The smallest absolute Gasteiger partial charge is 0.300 e. The zero-order valence-corrected chi connectivity index (χ0v) is 13.6. The van der Waals surface area contributed by atoms with Gasteiger partial charge < -0.3 is 15.1 Å². The van der Waals surface area contributed by atoms with Crippen LogP contribution in [-0.2, 0) is 6.54 Å². The number of pyridine rings is 1. The first-order valence-corrected chi connectivity index (χ1v) is 7.82. The summed E-state index contributed by atoms with van der Waals surface area (Å²) >= 11 is 0. The van der Waals surface area contributed by atoms with Gasteiger partial charge in [-0.3, -0.25) is 24.7 Å². The summed E-state index contributed by atoms with van der Waals surface area (Å²) in [5.41, 5.74) is -0.0825. The summed E-state index contributed by atoms with van der Waals surface area (Å²) in [6.45, 7) is 0.264. The van der Waals surface area contributed by atoms with Crippen molar-refractivity contribution >= 4 is 34.2 Å². The molecule has 10 nitrogen and oxygen atoms in total. The number of fused-ring (bicyclic) bond motifs is 1. The highest BCUT2D eigenvalue weighted by Crippen LogP contribution is 2.26. The standard InChI is InChI=1S/C17H11N5O5/c23-15-13(19-8-9-3-1-2-6-18-9)14(16(15)24)21-17-20-11-7-10(22(25)26)4-5-12(11)27-17/h1-7,19H,8H2,(H,20,21). The molecule has 0 amide bonds. The predicted molar refractivity (Wildman–Crippen MR) is 96.9 cm³/mol. The van der Waals surface area contributed by atoms with Gasteiger partial charge in [0.25, 0.3) is 22.6 Å². The van der Waals surface area contributed by atoms with Gasteiger partial charge >= 0.3 is 0 Å². The van der Waals surface area contributed by atoms with Gasteiger partial charge in [-0.25, -0.2) is 0 Å². The lowest BCUT2D eigenvalue weighted by molar-refractivity contribution is -0.384. The van der Waals surface area contributed by atoms with Crippen LogP contribution in [0, 0.1) is 10.1 Å². The van der Waals surface area contributed by atoms with Gasteiger partial charge in [0.15, 0.2) is 5.58 Å². The number of nitro groups is 1. The molecule has 0 unspecified atom stereocenters. The second kappa shape index (κ2) is 6.33. The van der Waals surface area contributed by atoms with Crippen LogP contribution in [0.15, 0.2) is 56.6 Å². The van der Waals surface area contributed by atoms with Gasteiger partial charge in [-0.1, -0.05) is 6.07 Å². The number of oxazole rings is 1. The third-order valence-electron chi connectivity index (χ3n) is 3.90. The number of hydrogen-bond acceptors (Lipinski definition) is 9. The molecule has 10 heteroatoms. The maximum absolute atomic E-state index is 11.9. The molecular weight excluding hydrogens is 354 g/mol. The van der Waals surface area contributed by atoms with Crippen LogP contribution in [0.3, 0.4) is 0 Å². The summed E-state index contributed by atoms with van der Waals surface area (Å²) in [7, 11) is 0. The Morgan fingerprint density at radius 3 is 2.67 bits per heavy atom. The number of hydrogen-bond donors (Lipinski definition) is 2. The van der Waals surface area contributed by atoms with Crippen molar-refractivity contribution < 1.29 is 9.34 Å². The molecule has 0 spiro atoms. The first-order valence-electron chi connectivity index (χ1n) is 7.82.